The maximum absolute atomic E-state index is 14.0. The lowest BCUT2D eigenvalue weighted by molar-refractivity contribution is 0.207. The average Bonchev–Trinajstić information content (AvgIpc) is 2.95. The summed E-state index contributed by atoms with van der Waals surface area (Å²) < 4.78 is 7.02. The van der Waals surface area contributed by atoms with Crippen LogP contribution in [0.5, 0.6) is 11.5 Å². The van der Waals surface area contributed by atoms with Crippen LogP contribution in [0.1, 0.15) is 28.4 Å². The molecule has 5 rings (SSSR count). The molecule has 1 fully saturated rings. The van der Waals surface area contributed by atoms with Crippen LogP contribution in [0.25, 0.3) is 0 Å². The number of anilines is 1. The fourth-order valence-corrected chi connectivity index (χ4v) is 5.08. The van der Waals surface area contributed by atoms with Crippen LogP contribution < -0.4 is 15.2 Å². The first-order valence-corrected chi connectivity index (χ1v) is 12.6. The molecule has 37 heavy (non-hydrogen) atoms. The number of aryl methyl sites for hydroxylation is 1. The van der Waals surface area contributed by atoms with Crippen LogP contribution in [0.15, 0.2) is 89.9 Å². The molecule has 0 spiro atoms. The molecular weight excluding hydrogens is 464 g/mol. The van der Waals surface area contributed by atoms with E-state index in [-0.39, 0.29) is 17.4 Å². The quantitative estimate of drug-likeness (QED) is 0.413. The molecule has 4 aromatic rings. The van der Waals surface area contributed by atoms with Crippen molar-refractivity contribution >= 4 is 5.82 Å². The van der Waals surface area contributed by atoms with Crippen molar-refractivity contribution in [3.63, 3.8) is 0 Å². The SMILES string of the molecule is COc1ccc(Cn2c(C)cc(O)c([C@H](c3ccccc3)N3CCN(c4ccccn4)CC3)c2=O)cc1. The average molecular weight is 497 g/mol. The summed E-state index contributed by atoms with van der Waals surface area (Å²) in [5.41, 5.74) is 2.93. The molecule has 1 atom stereocenters. The van der Waals surface area contributed by atoms with Gasteiger partial charge in [-0.1, -0.05) is 48.5 Å². The Morgan fingerprint density at radius 3 is 2.30 bits per heavy atom. The summed E-state index contributed by atoms with van der Waals surface area (Å²) >= 11 is 0. The topological polar surface area (TPSA) is 70.8 Å². The molecule has 1 aliphatic heterocycles. The van der Waals surface area contributed by atoms with E-state index in [1.807, 2.05) is 85.9 Å². The Morgan fingerprint density at radius 1 is 0.946 bits per heavy atom. The number of hydrogen-bond acceptors (Lipinski definition) is 6. The molecule has 0 amide bonds. The molecule has 1 aliphatic rings. The second-order valence-electron chi connectivity index (χ2n) is 9.35. The van der Waals surface area contributed by atoms with Gasteiger partial charge >= 0.3 is 0 Å². The lowest BCUT2D eigenvalue weighted by Crippen LogP contribution is -2.49. The third-order valence-electron chi connectivity index (χ3n) is 7.06. The molecule has 0 saturated carbocycles. The minimum absolute atomic E-state index is 0.0366. The van der Waals surface area contributed by atoms with Crippen LogP contribution in [-0.4, -0.2) is 52.8 Å². The first-order valence-electron chi connectivity index (χ1n) is 12.6. The predicted octanol–water partition coefficient (Wildman–Crippen LogP) is 4.23. The molecule has 2 aromatic heterocycles. The van der Waals surface area contributed by atoms with Gasteiger partial charge in [0, 0.05) is 38.1 Å². The van der Waals surface area contributed by atoms with Gasteiger partial charge in [0.2, 0.25) is 0 Å². The van der Waals surface area contributed by atoms with E-state index < -0.39 is 0 Å². The highest BCUT2D eigenvalue weighted by atomic mass is 16.5. The molecule has 3 heterocycles. The van der Waals surface area contributed by atoms with E-state index in [2.05, 4.69) is 14.8 Å². The first kappa shape index (κ1) is 24.6. The Morgan fingerprint density at radius 2 is 1.65 bits per heavy atom. The second kappa shape index (κ2) is 10.9. The van der Waals surface area contributed by atoms with Crippen molar-refractivity contribution in [3.8, 4) is 11.5 Å². The lowest BCUT2D eigenvalue weighted by Gasteiger charge is -2.40. The van der Waals surface area contributed by atoms with E-state index in [0.29, 0.717) is 17.8 Å². The maximum Gasteiger partial charge on any atom is 0.259 e. The van der Waals surface area contributed by atoms with Gasteiger partial charge in [-0.3, -0.25) is 9.69 Å². The van der Waals surface area contributed by atoms with Crippen molar-refractivity contribution in [1.29, 1.82) is 0 Å². The van der Waals surface area contributed by atoms with Crippen LogP contribution in [0, 0.1) is 6.92 Å². The van der Waals surface area contributed by atoms with E-state index in [1.165, 1.54) is 0 Å². The Bertz CT molecular complexity index is 1380. The molecule has 190 valence electrons. The first-order chi connectivity index (χ1) is 18.0. The molecule has 7 nitrogen and oxygen atoms in total. The van der Waals surface area contributed by atoms with Crippen LogP contribution in [-0.2, 0) is 6.54 Å². The van der Waals surface area contributed by atoms with Gasteiger partial charge in [0.1, 0.15) is 17.3 Å². The number of hydrogen-bond donors (Lipinski definition) is 1. The monoisotopic (exact) mass is 496 g/mol. The molecular formula is C30H32N4O3. The molecule has 1 saturated heterocycles. The summed E-state index contributed by atoms with van der Waals surface area (Å²) in [5, 5.41) is 11.1. The highest BCUT2D eigenvalue weighted by molar-refractivity contribution is 5.43. The largest absolute Gasteiger partial charge is 0.507 e. The molecule has 1 N–H and O–H groups in total. The number of ether oxygens (including phenoxy) is 1. The summed E-state index contributed by atoms with van der Waals surface area (Å²) in [4.78, 5) is 23.1. The van der Waals surface area contributed by atoms with E-state index in [1.54, 1.807) is 17.7 Å². The molecule has 2 aromatic carbocycles. The van der Waals surface area contributed by atoms with Crippen LogP contribution >= 0.6 is 0 Å². The number of aromatic hydroxyl groups is 1. The summed E-state index contributed by atoms with van der Waals surface area (Å²) in [6, 6.07) is 25.0. The van der Waals surface area contributed by atoms with Gasteiger partial charge in [0.05, 0.1) is 25.3 Å². The van der Waals surface area contributed by atoms with Crippen molar-refractivity contribution in [1.82, 2.24) is 14.5 Å². The normalized spacial score (nSPS) is 14.9. The summed E-state index contributed by atoms with van der Waals surface area (Å²) in [6.07, 6.45) is 1.81. The third kappa shape index (κ3) is 5.22. The van der Waals surface area contributed by atoms with Crippen molar-refractivity contribution in [2.24, 2.45) is 0 Å². The van der Waals surface area contributed by atoms with E-state index in [9.17, 15) is 9.90 Å². The van der Waals surface area contributed by atoms with Gasteiger partial charge < -0.3 is 19.3 Å². The lowest BCUT2D eigenvalue weighted by atomic mass is 9.96. The Balaban J connectivity index is 1.50. The van der Waals surface area contributed by atoms with Crippen molar-refractivity contribution in [3.05, 3.63) is 118 Å². The number of pyridine rings is 2. The summed E-state index contributed by atoms with van der Waals surface area (Å²) in [7, 11) is 1.63. The van der Waals surface area contributed by atoms with E-state index >= 15 is 0 Å². The zero-order valence-electron chi connectivity index (χ0n) is 21.2. The number of piperazine rings is 1. The van der Waals surface area contributed by atoms with E-state index in [0.717, 1.165) is 48.9 Å². The minimum Gasteiger partial charge on any atom is -0.507 e. The summed E-state index contributed by atoms with van der Waals surface area (Å²) in [5.74, 6) is 1.76. The summed E-state index contributed by atoms with van der Waals surface area (Å²) in [6.45, 7) is 5.32. The van der Waals surface area contributed by atoms with E-state index in [4.69, 9.17) is 4.74 Å². The Hall–Kier alpha value is -4.10. The fraction of sp³-hybridized carbons (Fsp3) is 0.267. The molecule has 0 radical (unpaired) electrons. The zero-order chi connectivity index (χ0) is 25.8. The molecule has 0 bridgehead atoms. The number of nitrogens with zero attached hydrogens (tertiary/aromatic N) is 4. The number of aromatic nitrogens is 2. The van der Waals surface area contributed by atoms with Crippen molar-refractivity contribution < 1.29 is 9.84 Å². The van der Waals surface area contributed by atoms with Crippen molar-refractivity contribution in [2.75, 3.05) is 38.2 Å². The number of methoxy groups -OCH3 is 1. The van der Waals surface area contributed by atoms with Crippen molar-refractivity contribution in [2.45, 2.75) is 19.5 Å². The van der Waals surface area contributed by atoms with Crippen LogP contribution in [0.3, 0.4) is 0 Å². The highest BCUT2D eigenvalue weighted by Crippen LogP contribution is 2.33. The van der Waals surface area contributed by atoms with Gasteiger partial charge in [-0.15, -0.1) is 0 Å². The van der Waals surface area contributed by atoms with Gasteiger partial charge in [-0.2, -0.15) is 0 Å². The number of benzene rings is 2. The standard InChI is InChI=1S/C30H32N4O3/c1-22-20-26(35)28(30(36)34(22)21-23-11-13-25(37-2)14-12-23)29(24-8-4-3-5-9-24)33-18-16-32(17-19-33)27-10-6-7-15-31-27/h3-15,20,29,35H,16-19,21H2,1-2H3/t29-/m0/s1. The highest BCUT2D eigenvalue weighted by Gasteiger charge is 2.31. The molecule has 0 aliphatic carbocycles. The smallest absolute Gasteiger partial charge is 0.259 e. The van der Waals surface area contributed by atoms with Gasteiger partial charge in [0.15, 0.2) is 0 Å². The predicted molar refractivity (Wildman–Crippen MR) is 146 cm³/mol. The fourth-order valence-electron chi connectivity index (χ4n) is 5.08. The Kier molecular flexibility index (Phi) is 7.23. The van der Waals surface area contributed by atoms with Gasteiger partial charge in [-0.05, 0) is 48.4 Å². The van der Waals surface area contributed by atoms with Gasteiger partial charge in [0.25, 0.3) is 5.56 Å². The molecule has 7 heteroatoms. The number of rotatable bonds is 7. The maximum atomic E-state index is 14.0. The van der Waals surface area contributed by atoms with Crippen LogP contribution in [0.2, 0.25) is 0 Å². The Labute approximate surface area is 217 Å². The zero-order valence-corrected chi connectivity index (χ0v) is 21.2. The minimum atomic E-state index is -0.359. The third-order valence-corrected chi connectivity index (χ3v) is 7.06. The van der Waals surface area contributed by atoms with Crippen LogP contribution in [0.4, 0.5) is 5.82 Å². The second-order valence-corrected chi connectivity index (χ2v) is 9.35. The molecule has 0 unspecified atom stereocenters. The van der Waals surface area contributed by atoms with Gasteiger partial charge in [-0.25, -0.2) is 4.98 Å².